The van der Waals surface area contributed by atoms with Crippen molar-refractivity contribution in [3.05, 3.63) is 35.9 Å². The van der Waals surface area contributed by atoms with Gasteiger partial charge in [-0.2, -0.15) is 0 Å². The van der Waals surface area contributed by atoms with Gasteiger partial charge in [-0.25, -0.2) is 0 Å². The molecule has 1 amide bonds. The Hall–Kier alpha value is -1.39. The van der Waals surface area contributed by atoms with E-state index in [4.69, 9.17) is 4.74 Å². The first-order valence-electron chi connectivity index (χ1n) is 9.28. The topological polar surface area (TPSA) is 32.8 Å². The quantitative estimate of drug-likeness (QED) is 0.804. The minimum absolute atomic E-state index is 0.0266. The van der Waals surface area contributed by atoms with E-state index in [1.807, 2.05) is 0 Å². The third kappa shape index (κ3) is 3.22. The van der Waals surface area contributed by atoms with Crippen molar-refractivity contribution in [2.24, 2.45) is 0 Å². The Bertz CT molecular complexity index is 538. The molecule has 132 valence electrons. The monoisotopic (exact) mass is 330 g/mol. The van der Waals surface area contributed by atoms with E-state index in [1.165, 1.54) is 12.0 Å². The number of methoxy groups -OCH3 is 1. The van der Waals surface area contributed by atoms with Crippen LogP contribution < -0.4 is 0 Å². The van der Waals surface area contributed by atoms with E-state index in [9.17, 15) is 4.79 Å². The average Bonchev–Trinajstić information content (AvgIpc) is 2.88. The average molecular weight is 330 g/mol. The molecule has 4 nitrogen and oxygen atoms in total. The number of hydrogen-bond acceptors (Lipinski definition) is 3. The van der Waals surface area contributed by atoms with Crippen LogP contribution in [0, 0.1) is 0 Å². The molecule has 2 heterocycles. The van der Waals surface area contributed by atoms with Gasteiger partial charge in [-0.15, -0.1) is 0 Å². The molecule has 1 spiro atoms. The normalized spacial score (nSPS) is 24.0. The zero-order valence-electron chi connectivity index (χ0n) is 15.0. The van der Waals surface area contributed by atoms with Crippen LogP contribution in [0.5, 0.6) is 0 Å². The fourth-order valence-electron chi connectivity index (χ4n) is 4.65. The maximum Gasteiger partial charge on any atom is 0.223 e. The molecule has 2 saturated heterocycles. The Labute approximate surface area is 145 Å². The number of benzene rings is 1. The van der Waals surface area contributed by atoms with Crippen molar-refractivity contribution in [2.45, 2.75) is 44.1 Å². The van der Waals surface area contributed by atoms with E-state index in [0.29, 0.717) is 31.4 Å². The fraction of sp³-hybridized carbons (Fsp3) is 0.650. The summed E-state index contributed by atoms with van der Waals surface area (Å²) in [5.41, 5.74) is 1.29. The maximum absolute atomic E-state index is 12.8. The zero-order chi connectivity index (χ0) is 17.0. The molecular formula is C20H30N2O2. The second-order valence-corrected chi connectivity index (χ2v) is 7.15. The van der Waals surface area contributed by atoms with Crippen molar-refractivity contribution in [1.29, 1.82) is 0 Å². The number of nitrogens with zero attached hydrogens (tertiary/aromatic N) is 2. The molecule has 4 heteroatoms. The van der Waals surface area contributed by atoms with Crippen LogP contribution in [-0.4, -0.2) is 61.1 Å². The maximum atomic E-state index is 12.8. The van der Waals surface area contributed by atoms with Crippen LogP contribution in [0.1, 0.15) is 44.1 Å². The Balaban J connectivity index is 1.87. The number of piperidine rings is 1. The predicted octanol–water partition coefficient (Wildman–Crippen LogP) is 2.89. The lowest BCUT2D eigenvalue weighted by Gasteiger charge is -2.48. The van der Waals surface area contributed by atoms with E-state index in [1.54, 1.807) is 7.11 Å². The smallest absolute Gasteiger partial charge is 0.223 e. The van der Waals surface area contributed by atoms with Gasteiger partial charge in [-0.3, -0.25) is 4.79 Å². The predicted molar refractivity (Wildman–Crippen MR) is 96.1 cm³/mol. The number of amides is 1. The van der Waals surface area contributed by atoms with Crippen molar-refractivity contribution in [2.75, 3.05) is 39.9 Å². The summed E-state index contributed by atoms with van der Waals surface area (Å²) in [6, 6.07) is 10.6. The lowest BCUT2D eigenvalue weighted by Crippen LogP contribution is -2.56. The molecule has 1 aromatic rings. The Morgan fingerprint density at radius 1 is 1.17 bits per heavy atom. The van der Waals surface area contributed by atoms with Gasteiger partial charge in [0.2, 0.25) is 5.91 Å². The van der Waals surface area contributed by atoms with Gasteiger partial charge < -0.3 is 14.5 Å². The first-order valence-corrected chi connectivity index (χ1v) is 9.28. The first kappa shape index (κ1) is 17.4. The van der Waals surface area contributed by atoms with Gasteiger partial charge in [0.05, 0.1) is 12.1 Å². The zero-order valence-corrected chi connectivity index (χ0v) is 15.0. The number of hydrogen-bond donors (Lipinski definition) is 0. The third-order valence-corrected chi connectivity index (χ3v) is 5.85. The summed E-state index contributed by atoms with van der Waals surface area (Å²) in [5, 5.41) is 0. The second-order valence-electron chi connectivity index (χ2n) is 7.15. The van der Waals surface area contributed by atoms with E-state index >= 15 is 0 Å². The highest BCUT2D eigenvalue weighted by Crippen LogP contribution is 2.48. The van der Waals surface area contributed by atoms with Gasteiger partial charge in [-0.1, -0.05) is 37.3 Å². The first-order chi connectivity index (χ1) is 11.7. The molecule has 0 saturated carbocycles. The number of carbonyl (C=O) groups is 1. The molecule has 24 heavy (non-hydrogen) atoms. The number of ether oxygens (including phenoxy) is 1. The highest BCUT2D eigenvalue weighted by molar-refractivity contribution is 5.81. The minimum atomic E-state index is -0.0266. The number of likely N-dealkylation sites (tertiary alicyclic amines) is 2. The summed E-state index contributed by atoms with van der Waals surface area (Å²) in [6.07, 6.45) is 3.98. The molecule has 1 atom stereocenters. The molecule has 1 aromatic carbocycles. The van der Waals surface area contributed by atoms with Crippen LogP contribution in [0.3, 0.4) is 0 Å². The van der Waals surface area contributed by atoms with Crippen LogP contribution in [-0.2, 0) is 9.53 Å². The summed E-state index contributed by atoms with van der Waals surface area (Å²) in [5.74, 6) is 0.608. The molecule has 0 N–H and O–H groups in total. The summed E-state index contributed by atoms with van der Waals surface area (Å²) < 4.78 is 5.28. The molecular weight excluding hydrogens is 300 g/mol. The Kier molecular flexibility index (Phi) is 5.57. The van der Waals surface area contributed by atoms with E-state index in [-0.39, 0.29) is 5.54 Å². The lowest BCUT2D eigenvalue weighted by molar-refractivity contribution is -0.133. The van der Waals surface area contributed by atoms with E-state index < -0.39 is 0 Å². The molecule has 2 fully saturated rings. The van der Waals surface area contributed by atoms with Gasteiger partial charge in [-0.05, 0) is 31.4 Å². The van der Waals surface area contributed by atoms with Crippen molar-refractivity contribution in [3.8, 4) is 0 Å². The molecule has 0 radical (unpaired) electrons. The molecule has 0 aliphatic carbocycles. The summed E-state index contributed by atoms with van der Waals surface area (Å²) in [4.78, 5) is 17.5. The minimum Gasteiger partial charge on any atom is -0.383 e. The molecule has 0 unspecified atom stereocenters. The number of rotatable bonds is 6. The molecule has 2 aliphatic rings. The highest BCUT2D eigenvalue weighted by Gasteiger charge is 2.53. The van der Waals surface area contributed by atoms with Gasteiger partial charge in [0.25, 0.3) is 0 Å². The molecule has 2 aliphatic heterocycles. The van der Waals surface area contributed by atoms with Crippen molar-refractivity contribution in [1.82, 2.24) is 9.80 Å². The third-order valence-electron chi connectivity index (χ3n) is 5.85. The van der Waals surface area contributed by atoms with E-state index in [2.05, 4.69) is 47.1 Å². The molecule has 0 aromatic heterocycles. The summed E-state index contributed by atoms with van der Waals surface area (Å²) in [7, 11) is 1.71. The highest BCUT2D eigenvalue weighted by atomic mass is 16.5. The lowest BCUT2D eigenvalue weighted by atomic mass is 9.73. The van der Waals surface area contributed by atoms with Crippen LogP contribution in [0.2, 0.25) is 0 Å². The van der Waals surface area contributed by atoms with Crippen LogP contribution in [0.4, 0.5) is 0 Å². The second kappa shape index (κ2) is 7.66. The Morgan fingerprint density at radius 2 is 1.88 bits per heavy atom. The SMILES string of the molecule is CCCN1CCC2(CC1)[C@@H](c1ccccc1)CC(=O)N2CCOC. The molecule has 0 bridgehead atoms. The van der Waals surface area contributed by atoms with Gasteiger partial charge in [0.15, 0.2) is 0 Å². The van der Waals surface area contributed by atoms with Crippen molar-refractivity contribution >= 4 is 5.91 Å². The standard InChI is InChI=1S/C20H30N2O2/c1-3-11-21-12-9-20(10-13-21)18(17-7-5-4-6-8-17)16-19(23)22(20)14-15-24-2/h4-8,18H,3,9-16H2,1-2H3/t18-/m1/s1. The molecule has 3 rings (SSSR count). The van der Waals surface area contributed by atoms with Gasteiger partial charge >= 0.3 is 0 Å². The largest absolute Gasteiger partial charge is 0.383 e. The van der Waals surface area contributed by atoms with E-state index in [0.717, 1.165) is 32.5 Å². The fourth-order valence-corrected chi connectivity index (χ4v) is 4.65. The summed E-state index contributed by atoms with van der Waals surface area (Å²) >= 11 is 0. The Morgan fingerprint density at radius 3 is 2.50 bits per heavy atom. The van der Waals surface area contributed by atoms with Crippen LogP contribution in [0.15, 0.2) is 30.3 Å². The van der Waals surface area contributed by atoms with Crippen LogP contribution in [0.25, 0.3) is 0 Å². The van der Waals surface area contributed by atoms with Crippen molar-refractivity contribution in [3.63, 3.8) is 0 Å². The summed E-state index contributed by atoms with van der Waals surface area (Å²) in [6.45, 7) is 6.92. The number of carbonyl (C=O) groups excluding carboxylic acids is 1. The van der Waals surface area contributed by atoms with Gasteiger partial charge in [0, 0.05) is 39.1 Å². The van der Waals surface area contributed by atoms with Gasteiger partial charge in [0.1, 0.15) is 0 Å². The van der Waals surface area contributed by atoms with Crippen LogP contribution >= 0.6 is 0 Å². The van der Waals surface area contributed by atoms with Crippen molar-refractivity contribution < 1.29 is 9.53 Å².